The Bertz CT molecular complexity index is 844. The van der Waals surface area contributed by atoms with Crippen molar-refractivity contribution in [2.45, 2.75) is 38.2 Å². The van der Waals surface area contributed by atoms with Crippen molar-refractivity contribution in [3.8, 4) is 10.4 Å². The van der Waals surface area contributed by atoms with Crippen LogP contribution in [-0.2, 0) is 20.7 Å². The van der Waals surface area contributed by atoms with Gasteiger partial charge in [0.1, 0.15) is 6.10 Å². The summed E-state index contributed by atoms with van der Waals surface area (Å²) in [6, 6.07) is 12.6. The lowest BCUT2D eigenvalue weighted by Crippen LogP contribution is -2.55. The molecule has 2 aliphatic heterocycles. The zero-order chi connectivity index (χ0) is 20.3. The molecular weight excluding hydrogens is 384 g/mol. The summed E-state index contributed by atoms with van der Waals surface area (Å²) in [5.41, 5.74) is 1.73. The van der Waals surface area contributed by atoms with Gasteiger partial charge in [-0.3, -0.25) is 9.59 Å². The summed E-state index contributed by atoms with van der Waals surface area (Å²) < 4.78 is 5.60. The Balaban J connectivity index is 1.53. The molecule has 0 aliphatic carbocycles. The van der Waals surface area contributed by atoms with Crippen LogP contribution in [0.1, 0.15) is 31.2 Å². The minimum absolute atomic E-state index is 0.0182. The summed E-state index contributed by atoms with van der Waals surface area (Å²) >= 11 is 1.72. The molecule has 29 heavy (non-hydrogen) atoms. The minimum Gasteiger partial charge on any atom is -0.368 e. The third kappa shape index (κ3) is 4.23. The standard InChI is InChI=1S/C23H28N2O3S/c1-24-22(27)23(11-4-12-25(16-23)21(26)19-5-2-13-28-19)15-17-7-9-18(10-8-17)20-6-3-14-29-20/h3,6-10,14,19H,2,4-5,11-13,15-16H2,1H3,(H,24,27)/t19-,23-/m0/s1. The van der Waals surface area contributed by atoms with Gasteiger partial charge in [-0.05, 0) is 54.7 Å². The number of ether oxygens (including phenoxy) is 1. The van der Waals surface area contributed by atoms with Crippen molar-refractivity contribution in [1.29, 1.82) is 0 Å². The van der Waals surface area contributed by atoms with E-state index in [4.69, 9.17) is 4.74 Å². The molecule has 0 saturated carbocycles. The number of hydrogen-bond donors (Lipinski definition) is 1. The van der Waals surface area contributed by atoms with Gasteiger partial charge in [-0.2, -0.15) is 0 Å². The Morgan fingerprint density at radius 3 is 2.72 bits per heavy atom. The number of nitrogens with one attached hydrogen (secondary N) is 1. The van der Waals surface area contributed by atoms with Gasteiger partial charge < -0.3 is 15.0 Å². The first-order chi connectivity index (χ1) is 14.1. The summed E-state index contributed by atoms with van der Waals surface area (Å²) in [5, 5.41) is 4.93. The molecule has 3 heterocycles. The lowest BCUT2D eigenvalue weighted by atomic mass is 9.74. The molecule has 2 fully saturated rings. The normalized spacial score (nSPS) is 24.4. The first-order valence-electron chi connectivity index (χ1n) is 10.4. The highest BCUT2D eigenvalue weighted by molar-refractivity contribution is 7.13. The fourth-order valence-electron chi connectivity index (χ4n) is 4.59. The molecular formula is C23H28N2O3S. The quantitative estimate of drug-likeness (QED) is 0.818. The van der Waals surface area contributed by atoms with Crippen LogP contribution in [-0.4, -0.2) is 49.6 Å². The number of amides is 2. The third-order valence-electron chi connectivity index (χ3n) is 6.10. The molecule has 1 aromatic carbocycles. The Labute approximate surface area is 176 Å². The highest BCUT2D eigenvalue weighted by Gasteiger charge is 2.44. The van der Waals surface area contributed by atoms with Crippen molar-refractivity contribution < 1.29 is 14.3 Å². The van der Waals surface area contributed by atoms with Crippen LogP contribution in [0.5, 0.6) is 0 Å². The van der Waals surface area contributed by atoms with Crippen LogP contribution >= 0.6 is 11.3 Å². The van der Waals surface area contributed by atoms with E-state index < -0.39 is 5.41 Å². The van der Waals surface area contributed by atoms with Crippen molar-refractivity contribution in [3.05, 3.63) is 47.3 Å². The Hall–Kier alpha value is -2.18. The zero-order valence-corrected chi connectivity index (χ0v) is 17.7. The van der Waals surface area contributed by atoms with Crippen LogP contribution in [0.25, 0.3) is 10.4 Å². The maximum atomic E-state index is 13.0. The maximum absolute atomic E-state index is 13.0. The highest BCUT2D eigenvalue weighted by Crippen LogP contribution is 2.36. The number of benzene rings is 1. The Morgan fingerprint density at radius 2 is 2.07 bits per heavy atom. The summed E-state index contributed by atoms with van der Waals surface area (Å²) in [4.78, 5) is 29.0. The van der Waals surface area contributed by atoms with Gasteiger partial charge in [0.05, 0.1) is 5.41 Å². The van der Waals surface area contributed by atoms with E-state index in [0.29, 0.717) is 26.1 Å². The second kappa shape index (κ2) is 8.67. The molecule has 2 amide bonds. The summed E-state index contributed by atoms with van der Waals surface area (Å²) in [7, 11) is 1.69. The summed E-state index contributed by atoms with van der Waals surface area (Å²) in [6.45, 7) is 1.81. The lowest BCUT2D eigenvalue weighted by Gasteiger charge is -2.42. The average molecular weight is 413 g/mol. The molecule has 1 N–H and O–H groups in total. The third-order valence-corrected chi connectivity index (χ3v) is 7.02. The lowest BCUT2D eigenvalue weighted by molar-refractivity contribution is -0.148. The summed E-state index contributed by atoms with van der Waals surface area (Å²) in [6.07, 6.45) is 3.63. The Kier molecular flexibility index (Phi) is 6.01. The predicted octanol–water partition coefficient (Wildman–Crippen LogP) is 3.49. The summed E-state index contributed by atoms with van der Waals surface area (Å²) in [5.74, 6) is 0.0631. The van der Waals surface area contributed by atoms with Gasteiger partial charge in [0, 0.05) is 31.6 Å². The number of piperidine rings is 1. The number of thiophene rings is 1. The smallest absolute Gasteiger partial charge is 0.251 e. The van der Waals surface area contributed by atoms with Gasteiger partial charge >= 0.3 is 0 Å². The molecule has 2 atom stereocenters. The topological polar surface area (TPSA) is 58.6 Å². The van der Waals surface area contributed by atoms with Crippen LogP contribution in [0.15, 0.2) is 41.8 Å². The SMILES string of the molecule is CNC(=O)[C@]1(Cc2ccc(-c3cccs3)cc2)CCCN(C(=O)[C@@H]2CCCO2)C1. The van der Waals surface area contributed by atoms with Crippen molar-refractivity contribution in [2.24, 2.45) is 5.41 Å². The molecule has 2 saturated heterocycles. The van der Waals surface area contributed by atoms with Gasteiger partial charge in [-0.25, -0.2) is 0 Å². The molecule has 2 aliphatic rings. The molecule has 2 aromatic rings. The number of hydrogen-bond acceptors (Lipinski definition) is 4. The van der Waals surface area contributed by atoms with Crippen molar-refractivity contribution >= 4 is 23.2 Å². The fraction of sp³-hybridized carbons (Fsp3) is 0.478. The average Bonchev–Trinajstić information content (AvgIpc) is 3.47. The van der Waals surface area contributed by atoms with Gasteiger partial charge in [0.2, 0.25) is 5.91 Å². The number of nitrogens with zero attached hydrogens (tertiary/aromatic N) is 1. The van der Waals surface area contributed by atoms with Crippen LogP contribution in [0.3, 0.4) is 0 Å². The molecule has 0 unspecified atom stereocenters. The minimum atomic E-state index is -0.592. The van der Waals surface area contributed by atoms with Gasteiger partial charge in [-0.15, -0.1) is 11.3 Å². The molecule has 4 rings (SSSR count). The van der Waals surface area contributed by atoms with Crippen LogP contribution in [0, 0.1) is 5.41 Å². The van der Waals surface area contributed by atoms with E-state index in [1.807, 2.05) is 4.90 Å². The number of likely N-dealkylation sites (tertiary alicyclic amines) is 1. The monoisotopic (exact) mass is 412 g/mol. The first-order valence-corrected chi connectivity index (χ1v) is 11.2. The maximum Gasteiger partial charge on any atom is 0.251 e. The highest BCUT2D eigenvalue weighted by atomic mass is 32.1. The number of carbonyl (C=O) groups is 2. The second-order valence-corrected chi connectivity index (χ2v) is 9.02. The fourth-order valence-corrected chi connectivity index (χ4v) is 5.32. The molecule has 5 nitrogen and oxygen atoms in total. The van der Waals surface area contributed by atoms with E-state index in [1.54, 1.807) is 18.4 Å². The van der Waals surface area contributed by atoms with Crippen molar-refractivity contribution in [1.82, 2.24) is 10.2 Å². The zero-order valence-electron chi connectivity index (χ0n) is 16.9. The van der Waals surface area contributed by atoms with E-state index >= 15 is 0 Å². The van der Waals surface area contributed by atoms with Crippen LogP contribution in [0.4, 0.5) is 0 Å². The number of rotatable bonds is 5. The Morgan fingerprint density at radius 1 is 1.24 bits per heavy atom. The van der Waals surface area contributed by atoms with Gasteiger partial charge in [-0.1, -0.05) is 30.3 Å². The van der Waals surface area contributed by atoms with Gasteiger partial charge in [0.15, 0.2) is 0 Å². The first kappa shape index (κ1) is 20.1. The number of carbonyl (C=O) groups excluding carboxylic acids is 2. The van der Waals surface area contributed by atoms with Crippen molar-refractivity contribution in [3.63, 3.8) is 0 Å². The van der Waals surface area contributed by atoms with Crippen LogP contribution in [0.2, 0.25) is 0 Å². The van der Waals surface area contributed by atoms with Crippen molar-refractivity contribution in [2.75, 3.05) is 26.7 Å². The van der Waals surface area contributed by atoms with E-state index in [1.165, 1.54) is 10.4 Å². The molecule has 154 valence electrons. The van der Waals surface area contributed by atoms with E-state index in [9.17, 15) is 9.59 Å². The van der Waals surface area contributed by atoms with Gasteiger partial charge in [0.25, 0.3) is 5.91 Å². The van der Waals surface area contributed by atoms with E-state index in [0.717, 1.165) is 31.2 Å². The molecule has 0 spiro atoms. The largest absolute Gasteiger partial charge is 0.368 e. The second-order valence-electron chi connectivity index (χ2n) is 8.08. The molecule has 0 bridgehead atoms. The van der Waals surface area contributed by atoms with E-state index in [2.05, 4.69) is 47.1 Å². The van der Waals surface area contributed by atoms with Crippen LogP contribution < -0.4 is 5.32 Å². The molecule has 0 radical (unpaired) electrons. The molecule has 6 heteroatoms. The predicted molar refractivity (Wildman–Crippen MR) is 115 cm³/mol. The molecule has 1 aromatic heterocycles. The van der Waals surface area contributed by atoms with E-state index in [-0.39, 0.29) is 17.9 Å².